The van der Waals surface area contributed by atoms with Crippen molar-refractivity contribution in [3.8, 4) is 6.07 Å². The van der Waals surface area contributed by atoms with Gasteiger partial charge >= 0.3 is 13.2 Å². The average Bonchev–Trinajstić information content (AvgIpc) is 2.75. The van der Waals surface area contributed by atoms with Gasteiger partial charge in [0.05, 0.1) is 12.1 Å². The first-order valence-electron chi connectivity index (χ1n) is 10.6. The summed E-state index contributed by atoms with van der Waals surface area (Å²) in [5.41, 5.74) is 0.444. The smallest absolute Gasteiger partial charge is 0.447 e. The molecule has 0 spiro atoms. The van der Waals surface area contributed by atoms with Crippen LogP contribution in [0.4, 0.5) is 4.79 Å². The van der Waals surface area contributed by atoms with Crippen molar-refractivity contribution in [3.63, 3.8) is 0 Å². The molecule has 2 atom stereocenters. The molecule has 0 unspecified atom stereocenters. The zero-order valence-electron chi connectivity index (χ0n) is 18.7. The minimum absolute atomic E-state index is 0.0647. The third-order valence-corrected chi connectivity index (χ3v) is 4.89. The quantitative estimate of drug-likeness (QED) is 0.283. The van der Waals surface area contributed by atoms with Gasteiger partial charge < -0.3 is 30.3 Å². The number of nitriles is 1. The summed E-state index contributed by atoms with van der Waals surface area (Å²) in [5, 5.41) is 34.0. The maximum absolute atomic E-state index is 12.9. The number of rotatable bonds is 7. The normalized spacial score (nSPS) is 17.8. The molecule has 2 rings (SSSR count). The Hall–Kier alpha value is -2.87. The largest absolute Gasteiger partial charge is 0.453 e. The maximum atomic E-state index is 12.9. The molecule has 1 saturated heterocycles. The number of carbonyl (C=O) groups excluding carboxylic acids is 2. The molecule has 1 heterocycles. The fourth-order valence-corrected chi connectivity index (χ4v) is 3.44. The first-order valence-corrected chi connectivity index (χ1v) is 10.6. The number of amides is 2. The predicted octanol–water partition coefficient (Wildman–Crippen LogP) is 1.22. The maximum Gasteiger partial charge on any atom is 0.453 e. The summed E-state index contributed by atoms with van der Waals surface area (Å²) in [6, 6.07) is 9.83. The van der Waals surface area contributed by atoms with Gasteiger partial charge in [-0.3, -0.25) is 4.79 Å². The van der Waals surface area contributed by atoms with Gasteiger partial charge in [-0.15, -0.1) is 0 Å². The number of benzene rings is 1. The van der Waals surface area contributed by atoms with Crippen molar-refractivity contribution in [1.82, 2.24) is 15.5 Å². The van der Waals surface area contributed by atoms with E-state index >= 15 is 0 Å². The second-order valence-electron chi connectivity index (χ2n) is 8.81. The van der Waals surface area contributed by atoms with Gasteiger partial charge in [-0.1, -0.05) is 57.2 Å². The van der Waals surface area contributed by atoms with Crippen LogP contribution in [-0.2, 0) is 9.53 Å². The molecule has 1 aliphatic heterocycles. The molecule has 9 nitrogen and oxygen atoms in total. The Balaban J connectivity index is 2.03. The van der Waals surface area contributed by atoms with Crippen LogP contribution in [0.15, 0.2) is 42.0 Å². The lowest BCUT2D eigenvalue weighted by atomic mass is 9.79. The second kappa shape index (κ2) is 11.7. The Morgan fingerprint density at radius 3 is 2.66 bits per heavy atom. The lowest BCUT2D eigenvalue weighted by Gasteiger charge is -2.36. The Morgan fingerprint density at radius 1 is 1.38 bits per heavy atom. The minimum atomic E-state index is -1.60. The number of piperazine rings is 1. The van der Waals surface area contributed by atoms with Crippen LogP contribution < -0.4 is 10.6 Å². The van der Waals surface area contributed by atoms with E-state index in [-0.39, 0.29) is 29.8 Å². The zero-order chi connectivity index (χ0) is 23.7. The van der Waals surface area contributed by atoms with Gasteiger partial charge in [-0.25, -0.2) is 4.79 Å². The molecular weight excluding hydrogens is 411 g/mol. The van der Waals surface area contributed by atoms with Crippen LogP contribution in [0.2, 0.25) is 6.32 Å². The summed E-state index contributed by atoms with van der Waals surface area (Å²) in [5.74, 6) is -0.386. The summed E-state index contributed by atoms with van der Waals surface area (Å²) in [6.07, 6.45) is 0.813. The molecule has 32 heavy (non-hydrogen) atoms. The number of nitrogens with one attached hydrogen (secondary N) is 2. The Kier molecular flexibility index (Phi) is 9.26. The number of alkyl carbamates (subject to hydrolysis) is 1. The van der Waals surface area contributed by atoms with E-state index in [0.29, 0.717) is 25.2 Å². The van der Waals surface area contributed by atoms with Crippen LogP contribution in [-0.4, -0.2) is 66.3 Å². The molecule has 0 aromatic heterocycles. The number of nitrogens with zero attached hydrogens (tertiary/aromatic N) is 2. The summed E-state index contributed by atoms with van der Waals surface area (Å²) < 4.78 is 5.36. The van der Waals surface area contributed by atoms with Crippen molar-refractivity contribution in [2.24, 2.45) is 5.41 Å². The third kappa shape index (κ3) is 8.00. The lowest BCUT2D eigenvalue weighted by Crippen LogP contribution is -2.56. The molecule has 10 heteroatoms. The zero-order valence-corrected chi connectivity index (χ0v) is 18.7. The molecular formula is C22H31BN4O5. The first kappa shape index (κ1) is 25.4. The van der Waals surface area contributed by atoms with E-state index in [1.807, 2.05) is 32.9 Å². The summed E-state index contributed by atoms with van der Waals surface area (Å²) in [7, 11) is -1.60. The van der Waals surface area contributed by atoms with E-state index in [0.717, 1.165) is 0 Å². The minimum Gasteiger partial charge on any atom is -0.447 e. The summed E-state index contributed by atoms with van der Waals surface area (Å²) in [4.78, 5) is 26.9. The van der Waals surface area contributed by atoms with Crippen molar-refractivity contribution in [3.05, 3.63) is 47.5 Å². The van der Waals surface area contributed by atoms with Crippen LogP contribution in [0.5, 0.6) is 0 Å². The molecule has 1 aromatic rings. The Bertz CT molecular complexity index is 848. The van der Waals surface area contributed by atoms with E-state index in [1.165, 1.54) is 0 Å². The van der Waals surface area contributed by atoms with Crippen molar-refractivity contribution in [2.45, 2.75) is 39.2 Å². The standard InChI is InChI=1S/C22H31BN4O5/c1-22(2,3)11-17(13-24)20(28)27-10-9-25-14-18(27)15-32-21(29)26-19(12-23(30)31)16-7-5-4-6-8-16/h4-8,11,18-19,25,30-31H,9-10,12,14-15H2,1-3H3,(H,26,29)/b17-11+/t18-,19-/m1/s1. The third-order valence-electron chi connectivity index (χ3n) is 4.89. The molecule has 1 aliphatic rings. The van der Waals surface area contributed by atoms with Crippen molar-refractivity contribution >= 4 is 19.1 Å². The molecule has 172 valence electrons. The molecule has 1 fully saturated rings. The van der Waals surface area contributed by atoms with Crippen LogP contribution in [0.1, 0.15) is 32.4 Å². The van der Waals surface area contributed by atoms with Crippen LogP contribution in [0.25, 0.3) is 0 Å². The molecule has 2 amide bonds. The average molecular weight is 442 g/mol. The second-order valence-corrected chi connectivity index (χ2v) is 8.81. The first-order chi connectivity index (χ1) is 15.1. The van der Waals surface area contributed by atoms with Crippen molar-refractivity contribution < 1.29 is 24.4 Å². The SMILES string of the molecule is CC(C)(C)/C=C(\C#N)C(=O)N1CCNC[C@@H]1COC(=O)N[C@H](CB(O)O)c1ccccc1. The van der Waals surface area contributed by atoms with E-state index in [4.69, 9.17) is 4.74 Å². The fourth-order valence-electron chi connectivity index (χ4n) is 3.44. The summed E-state index contributed by atoms with van der Waals surface area (Å²) in [6.45, 7) is 7.05. The van der Waals surface area contributed by atoms with E-state index in [2.05, 4.69) is 10.6 Å². The monoisotopic (exact) mass is 442 g/mol. The number of allylic oxidation sites excluding steroid dienone is 1. The topological polar surface area (TPSA) is 135 Å². The number of hydrogen-bond acceptors (Lipinski definition) is 7. The highest BCUT2D eigenvalue weighted by Gasteiger charge is 2.31. The molecule has 1 aromatic carbocycles. The van der Waals surface area contributed by atoms with E-state index < -0.39 is 25.3 Å². The van der Waals surface area contributed by atoms with E-state index in [9.17, 15) is 24.9 Å². The molecule has 0 radical (unpaired) electrons. The fraction of sp³-hybridized carbons (Fsp3) is 0.500. The predicted molar refractivity (Wildman–Crippen MR) is 120 cm³/mol. The van der Waals surface area contributed by atoms with Gasteiger partial charge in [0.1, 0.15) is 18.2 Å². The number of ether oxygens (including phenoxy) is 1. The summed E-state index contributed by atoms with van der Waals surface area (Å²) >= 11 is 0. The van der Waals surface area contributed by atoms with E-state index in [1.54, 1.807) is 35.2 Å². The van der Waals surface area contributed by atoms with Gasteiger partial charge in [-0.2, -0.15) is 5.26 Å². The number of carbonyl (C=O) groups is 2. The number of hydrogen-bond donors (Lipinski definition) is 4. The van der Waals surface area contributed by atoms with Gasteiger partial charge in [0, 0.05) is 26.0 Å². The highest BCUT2D eigenvalue weighted by atomic mass is 16.5. The van der Waals surface area contributed by atoms with Crippen molar-refractivity contribution in [1.29, 1.82) is 5.26 Å². The highest BCUT2D eigenvalue weighted by molar-refractivity contribution is 6.41. The molecule has 0 aliphatic carbocycles. The van der Waals surface area contributed by atoms with Gasteiger partial charge in [0.2, 0.25) is 0 Å². The highest BCUT2D eigenvalue weighted by Crippen LogP contribution is 2.20. The molecule has 0 bridgehead atoms. The Morgan fingerprint density at radius 2 is 2.06 bits per heavy atom. The van der Waals surface area contributed by atoms with Crippen LogP contribution in [0.3, 0.4) is 0 Å². The van der Waals surface area contributed by atoms with Gasteiger partial charge in [-0.05, 0) is 11.0 Å². The van der Waals surface area contributed by atoms with Crippen LogP contribution >= 0.6 is 0 Å². The lowest BCUT2D eigenvalue weighted by molar-refractivity contribution is -0.130. The molecule has 4 N–H and O–H groups in total. The van der Waals surface area contributed by atoms with Gasteiger partial charge in [0.25, 0.3) is 5.91 Å². The van der Waals surface area contributed by atoms with Gasteiger partial charge in [0.15, 0.2) is 0 Å². The van der Waals surface area contributed by atoms with Crippen molar-refractivity contribution in [2.75, 3.05) is 26.2 Å². The molecule has 0 saturated carbocycles. The van der Waals surface area contributed by atoms with Crippen LogP contribution in [0, 0.1) is 16.7 Å². The Labute approximate surface area is 189 Å².